The summed E-state index contributed by atoms with van der Waals surface area (Å²) in [7, 11) is 0. The lowest BCUT2D eigenvalue weighted by Crippen LogP contribution is -2.11. The van der Waals surface area contributed by atoms with Crippen LogP contribution in [0.25, 0.3) is 33.8 Å². The normalized spacial score (nSPS) is 11.3. The highest BCUT2D eigenvalue weighted by Gasteiger charge is 2.24. The van der Waals surface area contributed by atoms with Crippen molar-refractivity contribution in [1.82, 2.24) is 15.0 Å². The van der Waals surface area contributed by atoms with Crippen LogP contribution in [0.5, 0.6) is 11.5 Å². The molecule has 9 heteroatoms. The Labute approximate surface area is 152 Å². The Morgan fingerprint density at radius 2 is 1.74 bits per heavy atom. The number of aromatic nitrogens is 3. The molecular weight excluding hydrogens is 350 g/mol. The molecule has 1 aliphatic carbocycles. The van der Waals surface area contributed by atoms with Crippen LogP contribution in [0.1, 0.15) is 11.1 Å². The van der Waals surface area contributed by atoms with Crippen LogP contribution in [0.3, 0.4) is 0 Å². The third-order valence-electron chi connectivity index (χ3n) is 4.47. The molecule has 1 aromatic heterocycles. The molecule has 2 aliphatic rings. The third-order valence-corrected chi connectivity index (χ3v) is 4.47. The van der Waals surface area contributed by atoms with E-state index in [0.29, 0.717) is 22.4 Å². The maximum atomic E-state index is 12.5. The average molecular weight is 365 g/mol. The first-order valence-electron chi connectivity index (χ1n) is 7.97. The number of aromatic hydroxyl groups is 2. The monoisotopic (exact) mass is 365 g/mol. The number of phenols is 2. The Kier molecular flexibility index (Phi) is 3.42. The summed E-state index contributed by atoms with van der Waals surface area (Å²) in [6.45, 7) is 3.16. The van der Waals surface area contributed by atoms with Gasteiger partial charge in [-0.25, -0.2) is 4.98 Å². The Morgan fingerprint density at radius 1 is 1.00 bits per heavy atom. The van der Waals surface area contributed by atoms with E-state index < -0.39 is 0 Å². The predicted octanol–water partition coefficient (Wildman–Crippen LogP) is 1.94. The van der Waals surface area contributed by atoms with Crippen molar-refractivity contribution in [2.24, 2.45) is 0 Å². The predicted molar refractivity (Wildman–Crippen MR) is 99.6 cm³/mol. The fraction of sp³-hybridized carbons (Fsp3) is 0.111. The Morgan fingerprint density at radius 3 is 2.48 bits per heavy atom. The molecule has 0 unspecified atom stereocenters. The molecule has 0 amide bonds. The third kappa shape index (κ3) is 2.40. The topological polar surface area (TPSA) is 161 Å². The van der Waals surface area contributed by atoms with Crippen LogP contribution in [0.2, 0.25) is 0 Å². The summed E-state index contributed by atoms with van der Waals surface area (Å²) in [5.41, 5.74) is 13.0. The maximum Gasteiger partial charge on any atom is 0.252 e. The van der Waals surface area contributed by atoms with Gasteiger partial charge in [0, 0.05) is 22.3 Å². The summed E-state index contributed by atoms with van der Waals surface area (Å²) in [5.74, 6) is -0.0706. The molecule has 6 N–H and O–H groups in total. The summed E-state index contributed by atoms with van der Waals surface area (Å²) >= 11 is 0. The second kappa shape index (κ2) is 5.56. The fourth-order valence-corrected chi connectivity index (χ4v) is 2.92. The molecule has 2 heterocycles. The second-order valence-corrected chi connectivity index (χ2v) is 6.17. The molecule has 9 nitrogen and oxygen atoms in total. The lowest BCUT2D eigenvalue weighted by molar-refractivity contribution is 0.444. The molecule has 1 aromatic carbocycles. The number of anilines is 2. The minimum Gasteiger partial charge on any atom is -0.508 e. The van der Waals surface area contributed by atoms with Crippen LogP contribution in [-0.4, -0.2) is 25.2 Å². The van der Waals surface area contributed by atoms with Crippen LogP contribution in [0, 0.1) is 13.8 Å². The molecule has 4 rings (SSSR count). The van der Waals surface area contributed by atoms with Gasteiger partial charge < -0.3 is 26.1 Å². The van der Waals surface area contributed by atoms with E-state index in [4.69, 9.17) is 15.9 Å². The van der Waals surface area contributed by atoms with Gasteiger partial charge in [0.1, 0.15) is 17.2 Å². The number of nitrogens with zero attached hydrogens (tertiary/aromatic N) is 3. The molecule has 0 saturated heterocycles. The summed E-state index contributed by atoms with van der Waals surface area (Å²) < 4.78 is 5.77. The largest absolute Gasteiger partial charge is 0.508 e. The van der Waals surface area contributed by atoms with E-state index in [9.17, 15) is 15.0 Å². The smallest absolute Gasteiger partial charge is 0.252 e. The highest BCUT2D eigenvalue weighted by molar-refractivity contribution is 5.90. The van der Waals surface area contributed by atoms with E-state index in [1.165, 1.54) is 18.2 Å². The number of nitrogen functional groups attached to an aromatic ring is 2. The van der Waals surface area contributed by atoms with Crippen molar-refractivity contribution in [2.75, 3.05) is 11.5 Å². The van der Waals surface area contributed by atoms with Crippen LogP contribution in [0.15, 0.2) is 27.4 Å². The van der Waals surface area contributed by atoms with Gasteiger partial charge in [-0.05, 0) is 32.0 Å². The van der Waals surface area contributed by atoms with Gasteiger partial charge in [-0.3, -0.25) is 4.79 Å². The van der Waals surface area contributed by atoms with Crippen molar-refractivity contribution < 1.29 is 14.6 Å². The van der Waals surface area contributed by atoms with Crippen LogP contribution in [0.4, 0.5) is 11.8 Å². The summed E-state index contributed by atoms with van der Waals surface area (Å²) in [4.78, 5) is 24.8. The molecule has 136 valence electrons. The van der Waals surface area contributed by atoms with Crippen molar-refractivity contribution in [1.29, 1.82) is 0 Å². The minimum absolute atomic E-state index is 0.0315. The van der Waals surface area contributed by atoms with Crippen molar-refractivity contribution in [3.8, 4) is 34.1 Å². The van der Waals surface area contributed by atoms with Gasteiger partial charge >= 0.3 is 0 Å². The van der Waals surface area contributed by atoms with Crippen molar-refractivity contribution in [2.45, 2.75) is 13.8 Å². The van der Waals surface area contributed by atoms with Gasteiger partial charge in [0.2, 0.25) is 5.95 Å². The van der Waals surface area contributed by atoms with Crippen LogP contribution in [-0.2, 0) is 0 Å². The molecule has 0 radical (unpaired) electrons. The fourth-order valence-electron chi connectivity index (χ4n) is 2.92. The van der Waals surface area contributed by atoms with Gasteiger partial charge in [-0.15, -0.1) is 0 Å². The summed E-state index contributed by atoms with van der Waals surface area (Å²) in [6.07, 6.45) is 0. The van der Waals surface area contributed by atoms with Crippen molar-refractivity contribution in [3.05, 3.63) is 39.5 Å². The van der Waals surface area contributed by atoms with Gasteiger partial charge in [0.15, 0.2) is 22.5 Å². The zero-order valence-corrected chi connectivity index (χ0v) is 14.4. The number of phenolic OH excluding ortho intramolecular Hbond substituents is 2. The Balaban J connectivity index is 2.17. The van der Waals surface area contributed by atoms with Gasteiger partial charge in [-0.2, -0.15) is 9.97 Å². The number of hydrogen-bond acceptors (Lipinski definition) is 9. The first-order chi connectivity index (χ1) is 12.8. The molecule has 0 fully saturated rings. The van der Waals surface area contributed by atoms with E-state index in [1.54, 1.807) is 13.8 Å². The van der Waals surface area contributed by atoms with E-state index in [1.807, 2.05) is 0 Å². The van der Waals surface area contributed by atoms with Gasteiger partial charge in [0.05, 0.1) is 0 Å². The van der Waals surface area contributed by atoms with E-state index in [2.05, 4.69) is 15.0 Å². The zero-order valence-electron chi connectivity index (χ0n) is 14.4. The van der Waals surface area contributed by atoms with Crippen LogP contribution >= 0.6 is 0 Å². The van der Waals surface area contributed by atoms with E-state index in [0.717, 1.165) is 0 Å². The average Bonchev–Trinajstić information content (AvgIpc) is 2.62. The highest BCUT2D eigenvalue weighted by Crippen LogP contribution is 2.41. The summed E-state index contributed by atoms with van der Waals surface area (Å²) in [5, 5.41) is 20.3. The molecule has 0 spiro atoms. The number of hydrogen-bond donors (Lipinski definition) is 4. The van der Waals surface area contributed by atoms with E-state index >= 15 is 0 Å². The first-order valence-corrected chi connectivity index (χ1v) is 7.97. The lowest BCUT2D eigenvalue weighted by atomic mass is 9.95. The molecular formula is C18H15N5O4. The van der Waals surface area contributed by atoms with E-state index in [-0.39, 0.29) is 51.2 Å². The molecule has 1 aliphatic heterocycles. The van der Waals surface area contributed by atoms with Gasteiger partial charge in [-0.1, -0.05) is 0 Å². The lowest BCUT2D eigenvalue weighted by Gasteiger charge is -2.15. The number of nitrogens with two attached hydrogens (primary N) is 2. The van der Waals surface area contributed by atoms with Crippen molar-refractivity contribution >= 4 is 23.0 Å². The number of benzene rings is 2. The van der Waals surface area contributed by atoms with Gasteiger partial charge in [0.25, 0.3) is 5.71 Å². The van der Waals surface area contributed by atoms with Crippen molar-refractivity contribution in [3.63, 3.8) is 0 Å². The number of rotatable bonds is 1. The first kappa shape index (κ1) is 16.6. The molecule has 0 atom stereocenters. The standard InChI is InChI=1S/C18H15N5O4/c1-6-10(24)4-3-8(14(6)26)9-5-11(25)7(2)15-12(9)21-13-16(19)22-18(20)23-17(13)27-15/h3-5,24,26H,1-2H3,(H4,19,20,22,23). The molecule has 0 saturated carbocycles. The molecule has 0 bridgehead atoms. The molecule has 2 aromatic rings. The quantitative estimate of drug-likeness (QED) is 0.369. The maximum absolute atomic E-state index is 12.5. The zero-order chi connectivity index (χ0) is 19.5. The SMILES string of the molecule is Cc1c(O)ccc(-c2cc(=O)c(C)c3oc4nc(N)nc(N)c4nc2-3)c1O. The highest BCUT2D eigenvalue weighted by atomic mass is 16.3. The minimum atomic E-state index is -0.303. The Bertz CT molecular complexity index is 1270. The summed E-state index contributed by atoms with van der Waals surface area (Å²) in [6, 6.07) is 4.28. The Hall–Kier alpha value is -3.88. The number of fused-ring (bicyclic) bond motifs is 2. The van der Waals surface area contributed by atoms with Crippen LogP contribution < -0.4 is 16.9 Å². The second-order valence-electron chi connectivity index (χ2n) is 6.17. The molecule has 27 heavy (non-hydrogen) atoms.